The molecule has 2 heterocycles. The Hall–Kier alpha value is -1.15. The van der Waals surface area contributed by atoms with E-state index < -0.39 is 10.0 Å². The van der Waals surface area contributed by atoms with Crippen LogP contribution in [0.5, 0.6) is 0 Å². The van der Waals surface area contributed by atoms with E-state index in [9.17, 15) is 8.42 Å². The van der Waals surface area contributed by atoms with Crippen molar-refractivity contribution < 1.29 is 12.8 Å². The van der Waals surface area contributed by atoms with Crippen molar-refractivity contribution in [2.24, 2.45) is 0 Å². The Morgan fingerprint density at radius 2 is 1.70 bits per heavy atom. The highest BCUT2D eigenvalue weighted by atomic mass is 79.9. The summed E-state index contributed by atoms with van der Waals surface area (Å²) in [7, 11) is -3.41. The third-order valence-corrected chi connectivity index (χ3v) is 6.40. The van der Waals surface area contributed by atoms with E-state index in [0.29, 0.717) is 31.1 Å². The molecule has 1 saturated heterocycles. The molecule has 0 aliphatic carbocycles. The van der Waals surface area contributed by atoms with Crippen molar-refractivity contribution in [3.63, 3.8) is 0 Å². The fourth-order valence-electron chi connectivity index (χ4n) is 2.67. The molecule has 3 rings (SSSR count). The van der Waals surface area contributed by atoms with E-state index in [1.54, 1.807) is 28.6 Å². The molecule has 124 valence electrons. The van der Waals surface area contributed by atoms with Gasteiger partial charge in [-0.25, -0.2) is 8.42 Å². The first kappa shape index (κ1) is 16.7. The number of halogens is 1. The van der Waals surface area contributed by atoms with E-state index in [1.165, 1.54) is 0 Å². The molecule has 0 atom stereocenters. The molecular weight excluding hydrogens is 380 g/mol. The first-order valence-electron chi connectivity index (χ1n) is 7.48. The van der Waals surface area contributed by atoms with Gasteiger partial charge >= 0.3 is 0 Å². The van der Waals surface area contributed by atoms with Crippen LogP contribution in [0.1, 0.15) is 11.5 Å². The van der Waals surface area contributed by atoms with Crippen molar-refractivity contribution in [1.29, 1.82) is 0 Å². The van der Waals surface area contributed by atoms with Gasteiger partial charge < -0.3 is 4.42 Å². The van der Waals surface area contributed by atoms with Gasteiger partial charge in [0.15, 0.2) is 0 Å². The standard InChI is InChI=1S/C16H19BrN2O3S/c1-13-2-5-15(22-13)12-18-8-10-19(11-9-18)23(20,21)16-6-3-14(17)4-7-16/h2-7H,8-12H2,1H3. The summed E-state index contributed by atoms with van der Waals surface area (Å²) in [5.74, 6) is 1.82. The smallest absolute Gasteiger partial charge is 0.243 e. The molecule has 1 aromatic heterocycles. The Labute approximate surface area is 145 Å². The number of hydrogen-bond acceptors (Lipinski definition) is 4. The van der Waals surface area contributed by atoms with Gasteiger partial charge in [0, 0.05) is 30.7 Å². The van der Waals surface area contributed by atoms with Gasteiger partial charge in [-0.15, -0.1) is 0 Å². The molecule has 23 heavy (non-hydrogen) atoms. The second-order valence-corrected chi connectivity index (χ2v) is 8.50. The summed E-state index contributed by atoms with van der Waals surface area (Å²) >= 11 is 3.33. The largest absolute Gasteiger partial charge is 0.465 e. The van der Waals surface area contributed by atoms with Crippen molar-refractivity contribution in [1.82, 2.24) is 9.21 Å². The minimum atomic E-state index is -3.41. The molecule has 1 aliphatic rings. The van der Waals surface area contributed by atoms with E-state index in [4.69, 9.17) is 4.42 Å². The predicted molar refractivity (Wildman–Crippen MR) is 91.6 cm³/mol. The van der Waals surface area contributed by atoms with Crippen LogP contribution in [0.3, 0.4) is 0 Å². The molecule has 0 unspecified atom stereocenters. The Kier molecular flexibility index (Phi) is 4.91. The number of nitrogens with zero attached hydrogens (tertiary/aromatic N) is 2. The van der Waals surface area contributed by atoms with Crippen LogP contribution < -0.4 is 0 Å². The zero-order valence-corrected chi connectivity index (χ0v) is 15.3. The van der Waals surface area contributed by atoms with Gasteiger partial charge in [0.05, 0.1) is 11.4 Å². The van der Waals surface area contributed by atoms with Crippen molar-refractivity contribution >= 4 is 26.0 Å². The lowest BCUT2D eigenvalue weighted by Crippen LogP contribution is -2.48. The Balaban J connectivity index is 1.62. The lowest BCUT2D eigenvalue weighted by atomic mass is 10.3. The highest BCUT2D eigenvalue weighted by molar-refractivity contribution is 9.10. The van der Waals surface area contributed by atoms with Crippen LogP contribution in [-0.2, 0) is 16.6 Å². The molecule has 0 N–H and O–H groups in total. The Bertz CT molecular complexity index is 763. The van der Waals surface area contributed by atoms with E-state index in [-0.39, 0.29) is 0 Å². The summed E-state index contributed by atoms with van der Waals surface area (Å²) in [5, 5.41) is 0. The van der Waals surface area contributed by atoms with Gasteiger partial charge in [-0.05, 0) is 43.3 Å². The van der Waals surface area contributed by atoms with Gasteiger partial charge in [0.1, 0.15) is 11.5 Å². The summed E-state index contributed by atoms with van der Waals surface area (Å²) in [4.78, 5) is 2.56. The van der Waals surface area contributed by atoms with E-state index in [1.807, 2.05) is 19.1 Å². The maximum absolute atomic E-state index is 12.6. The van der Waals surface area contributed by atoms with Gasteiger partial charge in [-0.2, -0.15) is 4.31 Å². The number of hydrogen-bond donors (Lipinski definition) is 0. The molecule has 2 aromatic rings. The maximum Gasteiger partial charge on any atom is 0.243 e. The average molecular weight is 399 g/mol. The van der Waals surface area contributed by atoms with Crippen LogP contribution in [0, 0.1) is 6.92 Å². The number of sulfonamides is 1. The maximum atomic E-state index is 12.6. The Morgan fingerprint density at radius 1 is 1.04 bits per heavy atom. The molecule has 0 amide bonds. The number of furan rings is 1. The highest BCUT2D eigenvalue weighted by Gasteiger charge is 2.28. The summed E-state index contributed by atoms with van der Waals surface area (Å²) in [6.07, 6.45) is 0. The van der Waals surface area contributed by atoms with Crippen LogP contribution in [0.2, 0.25) is 0 Å². The van der Waals surface area contributed by atoms with Crippen LogP contribution >= 0.6 is 15.9 Å². The van der Waals surface area contributed by atoms with Gasteiger partial charge in [0.25, 0.3) is 0 Å². The first-order valence-corrected chi connectivity index (χ1v) is 9.72. The third-order valence-electron chi connectivity index (χ3n) is 3.96. The fraction of sp³-hybridized carbons (Fsp3) is 0.375. The van der Waals surface area contributed by atoms with Crippen LogP contribution in [0.15, 0.2) is 50.2 Å². The van der Waals surface area contributed by atoms with Crippen LogP contribution in [-0.4, -0.2) is 43.8 Å². The average Bonchev–Trinajstić information content (AvgIpc) is 2.93. The van der Waals surface area contributed by atoms with Crippen molar-refractivity contribution in [2.75, 3.05) is 26.2 Å². The first-order chi connectivity index (χ1) is 10.9. The lowest BCUT2D eigenvalue weighted by Gasteiger charge is -2.33. The molecule has 1 aliphatic heterocycles. The number of rotatable bonds is 4. The van der Waals surface area contributed by atoms with Crippen LogP contribution in [0.25, 0.3) is 0 Å². The number of benzene rings is 1. The van der Waals surface area contributed by atoms with Crippen LogP contribution in [0.4, 0.5) is 0 Å². The summed E-state index contributed by atoms with van der Waals surface area (Å²) < 4.78 is 33.3. The molecule has 0 saturated carbocycles. The number of piperazine rings is 1. The van der Waals surface area contributed by atoms with Crippen molar-refractivity contribution in [3.05, 3.63) is 52.4 Å². The minimum absolute atomic E-state index is 0.343. The molecular formula is C16H19BrN2O3S. The molecule has 1 fully saturated rings. The topological polar surface area (TPSA) is 53.8 Å². The molecule has 0 radical (unpaired) electrons. The quantitative estimate of drug-likeness (QED) is 0.794. The van der Waals surface area contributed by atoms with Crippen molar-refractivity contribution in [2.45, 2.75) is 18.4 Å². The molecule has 0 spiro atoms. The van der Waals surface area contributed by atoms with E-state index >= 15 is 0 Å². The van der Waals surface area contributed by atoms with Gasteiger partial charge in [-0.1, -0.05) is 15.9 Å². The SMILES string of the molecule is Cc1ccc(CN2CCN(S(=O)(=O)c3ccc(Br)cc3)CC2)o1. The van der Waals surface area contributed by atoms with Gasteiger partial charge in [0.2, 0.25) is 10.0 Å². The summed E-state index contributed by atoms with van der Waals surface area (Å²) in [5.41, 5.74) is 0. The fourth-order valence-corrected chi connectivity index (χ4v) is 4.36. The third kappa shape index (κ3) is 3.85. The minimum Gasteiger partial charge on any atom is -0.465 e. The summed E-state index contributed by atoms with van der Waals surface area (Å²) in [6, 6.07) is 10.7. The molecule has 1 aromatic carbocycles. The monoisotopic (exact) mass is 398 g/mol. The molecule has 5 nitrogen and oxygen atoms in total. The molecule has 7 heteroatoms. The highest BCUT2D eigenvalue weighted by Crippen LogP contribution is 2.20. The lowest BCUT2D eigenvalue weighted by molar-refractivity contribution is 0.170. The Morgan fingerprint density at radius 3 is 2.26 bits per heavy atom. The predicted octanol–water partition coefficient (Wildman–Crippen LogP) is 2.86. The second-order valence-electron chi connectivity index (χ2n) is 5.65. The van der Waals surface area contributed by atoms with E-state index in [2.05, 4.69) is 20.8 Å². The van der Waals surface area contributed by atoms with E-state index in [0.717, 1.165) is 22.5 Å². The number of aryl methyl sites for hydroxylation is 1. The summed E-state index contributed by atoms with van der Waals surface area (Å²) in [6.45, 7) is 5.05. The second kappa shape index (κ2) is 6.76. The zero-order chi connectivity index (χ0) is 16.4. The van der Waals surface area contributed by atoms with Gasteiger partial charge in [-0.3, -0.25) is 4.90 Å². The molecule has 0 bridgehead atoms. The zero-order valence-electron chi connectivity index (χ0n) is 12.9. The normalized spacial score (nSPS) is 17.5. The van der Waals surface area contributed by atoms with Crippen molar-refractivity contribution in [3.8, 4) is 0 Å².